The molecule has 3 fully saturated rings. The molecule has 0 radical (unpaired) electrons. The average molecular weight is 292 g/mol. The van der Waals surface area contributed by atoms with Gasteiger partial charge in [-0.3, -0.25) is 14.7 Å². The maximum absolute atomic E-state index is 13.1. The zero-order chi connectivity index (χ0) is 15.1. The molecule has 0 amide bonds. The van der Waals surface area contributed by atoms with Gasteiger partial charge in [0.1, 0.15) is 0 Å². The van der Waals surface area contributed by atoms with E-state index in [1.807, 2.05) is 30.3 Å². The highest BCUT2D eigenvalue weighted by Gasteiger charge is 2.42. The molecular weight excluding hydrogens is 272 g/mol. The second-order valence-electron chi connectivity index (χ2n) is 6.43. The fourth-order valence-electron chi connectivity index (χ4n) is 4.10. The van der Waals surface area contributed by atoms with Crippen LogP contribution in [0.5, 0.6) is 0 Å². The van der Waals surface area contributed by atoms with Crippen LogP contribution in [0, 0.1) is 11.8 Å². The van der Waals surface area contributed by atoms with Gasteiger partial charge in [-0.2, -0.15) is 0 Å². The van der Waals surface area contributed by atoms with E-state index in [-0.39, 0.29) is 11.8 Å². The first kappa shape index (κ1) is 13.6. The molecule has 2 aromatic rings. The summed E-state index contributed by atoms with van der Waals surface area (Å²) in [5.74, 6) is 1.42. The second kappa shape index (κ2) is 5.33. The lowest BCUT2D eigenvalue weighted by Crippen LogP contribution is -2.55. The summed E-state index contributed by atoms with van der Waals surface area (Å²) in [6.45, 7) is 5.97. The third-order valence-electron chi connectivity index (χ3n) is 5.32. The van der Waals surface area contributed by atoms with E-state index in [0.717, 1.165) is 36.0 Å². The third kappa shape index (κ3) is 2.08. The Kier molecular flexibility index (Phi) is 3.30. The van der Waals surface area contributed by atoms with Crippen LogP contribution in [0.1, 0.15) is 23.2 Å². The number of carbonyl (C=O) groups excluding carboxylic acids is 1. The molecule has 3 nitrogen and oxygen atoms in total. The molecule has 5 rings (SSSR count). The summed E-state index contributed by atoms with van der Waals surface area (Å²) in [6, 6.07) is 9.80. The Labute approximate surface area is 130 Å². The molecule has 22 heavy (non-hydrogen) atoms. The monoisotopic (exact) mass is 292 g/mol. The molecule has 0 saturated carbocycles. The molecule has 1 unspecified atom stereocenters. The number of benzene rings is 1. The number of rotatable bonds is 3. The van der Waals surface area contributed by atoms with Crippen LogP contribution < -0.4 is 0 Å². The Hall–Kier alpha value is -2.00. The molecule has 1 aromatic heterocycles. The van der Waals surface area contributed by atoms with E-state index in [9.17, 15) is 4.79 Å². The zero-order valence-corrected chi connectivity index (χ0v) is 12.6. The molecule has 0 aliphatic carbocycles. The third-order valence-corrected chi connectivity index (χ3v) is 5.32. The molecule has 3 aliphatic heterocycles. The summed E-state index contributed by atoms with van der Waals surface area (Å²) in [6.07, 6.45) is 5.97. The number of piperidine rings is 3. The Morgan fingerprint density at radius 1 is 1.32 bits per heavy atom. The number of hydrogen-bond donors (Lipinski definition) is 0. The van der Waals surface area contributed by atoms with Crippen molar-refractivity contribution in [3.05, 3.63) is 54.7 Å². The Bertz CT molecular complexity index is 734. The Morgan fingerprint density at radius 2 is 2.18 bits per heavy atom. The van der Waals surface area contributed by atoms with Gasteiger partial charge in [0.05, 0.1) is 11.6 Å². The molecule has 3 heteroatoms. The number of nitrogens with zero attached hydrogens (tertiary/aromatic N) is 2. The molecule has 3 aliphatic rings. The van der Waals surface area contributed by atoms with E-state index in [4.69, 9.17) is 0 Å². The van der Waals surface area contributed by atoms with Gasteiger partial charge in [0.2, 0.25) is 0 Å². The van der Waals surface area contributed by atoms with E-state index in [1.54, 1.807) is 6.20 Å². The first-order valence-corrected chi connectivity index (χ1v) is 8.02. The molecule has 1 aromatic carbocycles. The first-order chi connectivity index (χ1) is 10.8. The van der Waals surface area contributed by atoms with Crippen molar-refractivity contribution in [2.24, 2.45) is 11.8 Å². The highest BCUT2D eigenvalue weighted by Crippen LogP contribution is 2.38. The highest BCUT2D eigenvalue weighted by atomic mass is 16.1. The quantitative estimate of drug-likeness (QED) is 0.643. The fourth-order valence-corrected chi connectivity index (χ4v) is 4.10. The van der Waals surface area contributed by atoms with Gasteiger partial charge in [-0.1, -0.05) is 24.3 Å². The number of pyridine rings is 1. The lowest BCUT2D eigenvalue weighted by molar-refractivity contribution is 0.0205. The lowest BCUT2D eigenvalue weighted by Gasteiger charge is -2.48. The van der Waals surface area contributed by atoms with Crippen molar-refractivity contribution in [2.45, 2.75) is 18.9 Å². The highest BCUT2D eigenvalue weighted by molar-refractivity contribution is 6.09. The molecule has 3 saturated heterocycles. The van der Waals surface area contributed by atoms with E-state index in [1.165, 1.54) is 6.42 Å². The molecular formula is C19H20N2O. The predicted molar refractivity (Wildman–Crippen MR) is 87.8 cm³/mol. The Morgan fingerprint density at radius 3 is 2.95 bits per heavy atom. The zero-order valence-electron chi connectivity index (χ0n) is 12.6. The fraction of sp³-hybridized carbons (Fsp3) is 0.368. The number of para-hydroxylation sites is 1. The van der Waals surface area contributed by atoms with Crippen LogP contribution in [0.2, 0.25) is 0 Å². The van der Waals surface area contributed by atoms with Crippen LogP contribution in [-0.2, 0) is 0 Å². The molecule has 0 spiro atoms. The van der Waals surface area contributed by atoms with Gasteiger partial charge in [0, 0.05) is 23.7 Å². The van der Waals surface area contributed by atoms with Gasteiger partial charge in [-0.25, -0.2) is 0 Å². The molecule has 4 atom stereocenters. The predicted octanol–water partition coefficient (Wildman–Crippen LogP) is 3.31. The Balaban J connectivity index is 1.69. The lowest BCUT2D eigenvalue weighted by atomic mass is 9.74. The molecule has 112 valence electrons. The van der Waals surface area contributed by atoms with Crippen molar-refractivity contribution in [3.63, 3.8) is 0 Å². The van der Waals surface area contributed by atoms with Crippen LogP contribution in [-0.4, -0.2) is 34.8 Å². The number of aromatic nitrogens is 1. The van der Waals surface area contributed by atoms with Crippen LogP contribution in [0.25, 0.3) is 10.9 Å². The van der Waals surface area contributed by atoms with E-state index < -0.39 is 0 Å². The van der Waals surface area contributed by atoms with Crippen molar-refractivity contribution < 1.29 is 4.79 Å². The van der Waals surface area contributed by atoms with Crippen molar-refractivity contribution in [2.75, 3.05) is 13.1 Å². The van der Waals surface area contributed by atoms with Gasteiger partial charge in [0.25, 0.3) is 0 Å². The van der Waals surface area contributed by atoms with Gasteiger partial charge in [0.15, 0.2) is 5.78 Å². The summed E-state index contributed by atoms with van der Waals surface area (Å²) < 4.78 is 0. The summed E-state index contributed by atoms with van der Waals surface area (Å²) in [5.41, 5.74) is 1.71. The topological polar surface area (TPSA) is 33.2 Å². The average Bonchev–Trinajstić information content (AvgIpc) is 2.60. The van der Waals surface area contributed by atoms with Crippen molar-refractivity contribution in [3.8, 4) is 0 Å². The van der Waals surface area contributed by atoms with E-state index in [2.05, 4.69) is 22.5 Å². The second-order valence-corrected chi connectivity index (χ2v) is 6.43. The standard InChI is InChI=1S/C19H20N2O/c1-2-13-12-21-10-8-14(13)11-18(21)19(22)16-7-9-20-17-6-4-3-5-15(16)17/h2-7,9,13-14,18H,1,8,10-12H2/t13-,14+,18-/m1/s1. The first-order valence-electron chi connectivity index (χ1n) is 8.02. The number of carbonyl (C=O) groups is 1. The van der Waals surface area contributed by atoms with Crippen LogP contribution in [0.3, 0.4) is 0 Å². The molecule has 2 bridgehead atoms. The normalized spacial score (nSPS) is 30.4. The maximum atomic E-state index is 13.1. The molecule has 4 heterocycles. The summed E-state index contributed by atoms with van der Waals surface area (Å²) in [7, 11) is 0. The van der Waals surface area contributed by atoms with Crippen LogP contribution >= 0.6 is 0 Å². The van der Waals surface area contributed by atoms with E-state index >= 15 is 0 Å². The maximum Gasteiger partial charge on any atom is 0.180 e. The van der Waals surface area contributed by atoms with Crippen molar-refractivity contribution in [1.29, 1.82) is 0 Å². The smallest absolute Gasteiger partial charge is 0.180 e. The molecule has 0 N–H and O–H groups in total. The van der Waals surface area contributed by atoms with Crippen molar-refractivity contribution in [1.82, 2.24) is 9.88 Å². The van der Waals surface area contributed by atoms with Crippen LogP contribution in [0.4, 0.5) is 0 Å². The summed E-state index contributed by atoms with van der Waals surface area (Å²) >= 11 is 0. The number of fused-ring (bicyclic) bond motifs is 4. The minimum Gasteiger partial charge on any atom is -0.293 e. The van der Waals surface area contributed by atoms with Crippen LogP contribution in [0.15, 0.2) is 49.2 Å². The SMILES string of the molecule is C=C[C@@H]1CN2CC[C@H]1C[C@@H]2C(=O)c1ccnc2ccccc12. The van der Waals surface area contributed by atoms with Gasteiger partial charge in [-0.15, -0.1) is 6.58 Å². The van der Waals surface area contributed by atoms with Crippen molar-refractivity contribution >= 4 is 16.7 Å². The number of hydrogen-bond acceptors (Lipinski definition) is 3. The van der Waals surface area contributed by atoms with Gasteiger partial charge < -0.3 is 0 Å². The largest absolute Gasteiger partial charge is 0.293 e. The van der Waals surface area contributed by atoms with Gasteiger partial charge >= 0.3 is 0 Å². The summed E-state index contributed by atoms with van der Waals surface area (Å²) in [4.78, 5) is 19.8. The minimum atomic E-state index is 0.0285. The number of ketones is 1. The number of Topliss-reactive ketones (excluding diaryl/α,β-unsaturated/α-hetero) is 1. The summed E-state index contributed by atoms with van der Waals surface area (Å²) in [5, 5.41) is 0.970. The van der Waals surface area contributed by atoms with Gasteiger partial charge in [-0.05, 0) is 43.4 Å². The van der Waals surface area contributed by atoms with E-state index in [0.29, 0.717) is 11.8 Å². The minimum absolute atomic E-state index is 0.0285.